The van der Waals surface area contributed by atoms with Gasteiger partial charge >= 0.3 is 0 Å². The van der Waals surface area contributed by atoms with Crippen molar-refractivity contribution in [1.29, 1.82) is 0 Å². The lowest BCUT2D eigenvalue weighted by molar-refractivity contribution is 0.100. The predicted octanol–water partition coefficient (Wildman–Crippen LogP) is 1.58. The summed E-state index contributed by atoms with van der Waals surface area (Å²) in [6, 6.07) is 12.6. The molecule has 1 heterocycles. The molecule has 0 bridgehead atoms. The maximum absolute atomic E-state index is 11.7. The van der Waals surface area contributed by atoms with E-state index in [1.54, 1.807) is 24.4 Å². The molecular weight excluding hydrogens is 264 g/mol. The fourth-order valence-electron chi connectivity index (χ4n) is 1.53. The van der Waals surface area contributed by atoms with Gasteiger partial charge in [0.2, 0.25) is 0 Å². The summed E-state index contributed by atoms with van der Waals surface area (Å²) in [5.74, 6) is -0.712. The number of rotatable bonds is 2. The van der Waals surface area contributed by atoms with Crippen LogP contribution in [0, 0.1) is 0 Å². The second-order valence-corrected chi connectivity index (χ2v) is 3.64. The lowest BCUT2D eigenvalue weighted by Crippen LogP contribution is -2.24. The number of carbonyl (C=O) groups excluding carboxylic acids is 1. The first-order chi connectivity index (χ1) is 8.66. The molecule has 0 radical (unpaired) electrons. The van der Waals surface area contributed by atoms with Crippen molar-refractivity contribution in [2.24, 2.45) is 16.5 Å². The molecule has 0 unspecified atom stereocenters. The standard InChI is InChI=1S/C13H12N4O.ClH/c14-13(15)17-12(18)10-5-3-4-9(8-10)11-6-1-2-7-16-11;/h1-8H,(H4,14,15,17,18);1H. The van der Waals surface area contributed by atoms with Gasteiger partial charge in [0.25, 0.3) is 5.91 Å². The van der Waals surface area contributed by atoms with E-state index in [0.717, 1.165) is 11.3 Å². The summed E-state index contributed by atoms with van der Waals surface area (Å²) in [6.45, 7) is 0. The average Bonchev–Trinajstić information content (AvgIpc) is 2.39. The monoisotopic (exact) mass is 276 g/mol. The number of amides is 1. The van der Waals surface area contributed by atoms with E-state index in [0.29, 0.717) is 5.56 Å². The minimum Gasteiger partial charge on any atom is -0.370 e. The van der Waals surface area contributed by atoms with E-state index in [9.17, 15) is 4.79 Å². The Morgan fingerprint density at radius 3 is 2.53 bits per heavy atom. The van der Waals surface area contributed by atoms with E-state index in [1.807, 2.05) is 24.3 Å². The number of carbonyl (C=O) groups is 1. The van der Waals surface area contributed by atoms with Crippen LogP contribution in [0.25, 0.3) is 11.3 Å². The zero-order valence-electron chi connectivity index (χ0n) is 9.98. The van der Waals surface area contributed by atoms with Crippen LogP contribution in [-0.4, -0.2) is 16.9 Å². The first-order valence-electron chi connectivity index (χ1n) is 5.32. The molecule has 0 atom stereocenters. The highest BCUT2D eigenvalue weighted by Gasteiger charge is 2.06. The SMILES string of the molecule is Cl.NC(N)=NC(=O)c1cccc(-c2ccccn2)c1. The number of aromatic nitrogens is 1. The molecule has 0 aliphatic heterocycles. The summed E-state index contributed by atoms with van der Waals surface area (Å²) < 4.78 is 0. The second kappa shape index (κ2) is 6.51. The lowest BCUT2D eigenvalue weighted by atomic mass is 10.1. The summed E-state index contributed by atoms with van der Waals surface area (Å²) in [4.78, 5) is 19.4. The zero-order valence-corrected chi connectivity index (χ0v) is 10.8. The Kier molecular flexibility index (Phi) is 5.02. The van der Waals surface area contributed by atoms with Crippen LogP contribution in [0.3, 0.4) is 0 Å². The third-order valence-corrected chi connectivity index (χ3v) is 2.30. The Morgan fingerprint density at radius 1 is 1.11 bits per heavy atom. The smallest absolute Gasteiger partial charge is 0.280 e. The number of aliphatic imine (C=N–C) groups is 1. The maximum Gasteiger partial charge on any atom is 0.280 e. The van der Waals surface area contributed by atoms with Gasteiger partial charge in [0.1, 0.15) is 0 Å². The number of pyridine rings is 1. The Bertz CT molecular complexity index is 595. The summed E-state index contributed by atoms with van der Waals surface area (Å²) >= 11 is 0. The van der Waals surface area contributed by atoms with Crippen LogP contribution in [-0.2, 0) is 0 Å². The molecule has 6 heteroatoms. The van der Waals surface area contributed by atoms with E-state index >= 15 is 0 Å². The van der Waals surface area contributed by atoms with Crippen LogP contribution in [0.2, 0.25) is 0 Å². The molecule has 2 aromatic rings. The molecule has 0 aliphatic rings. The highest BCUT2D eigenvalue weighted by atomic mass is 35.5. The van der Waals surface area contributed by atoms with Gasteiger partial charge in [-0.15, -0.1) is 12.4 Å². The van der Waals surface area contributed by atoms with Crippen LogP contribution in [0.5, 0.6) is 0 Å². The molecular formula is C13H13ClN4O. The minimum atomic E-state index is -0.465. The lowest BCUT2D eigenvalue weighted by Gasteiger charge is -2.02. The van der Waals surface area contributed by atoms with E-state index < -0.39 is 5.91 Å². The van der Waals surface area contributed by atoms with Crippen molar-refractivity contribution in [3.05, 3.63) is 54.2 Å². The molecule has 0 saturated heterocycles. The summed E-state index contributed by atoms with van der Waals surface area (Å²) in [6.07, 6.45) is 1.69. The van der Waals surface area contributed by atoms with Crippen LogP contribution in [0.1, 0.15) is 10.4 Å². The molecule has 98 valence electrons. The molecule has 1 aromatic carbocycles. The van der Waals surface area contributed by atoms with Crippen LogP contribution in [0.4, 0.5) is 0 Å². The van der Waals surface area contributed by atoms with Gasteiger partial charge in [0.05, 0.1) is 5.69 Å². The zero-order chi connectivity index (χ0) is 13.0. The second-order valence-electron chi connectivity index (χ2n) is 3.64. The summed E-state index contributed by atoms with van der Waals surface area (Å²) in [7, 11) is 0. The van der Waals surface area contributed by atoms with Crippen molar-refractivity contribution in [2.75, 3.05) is 0 Å². The quantitative estimate of drug-likeness (QED) is 0.643. The number of halogens is 1. The highest BCUT2D eigenvalue weighted by Crippen LogP contribution is 2.18. The van der Waals surface area contributed by atoms with Gasteiger partial charge in [-0.25, -0.2) is 0 Å². The fourth-order valence-corrected chi connectivity index (χ4v) is 1.53. The number of guanidine groups is 1. The summed E-state index contributed by atoms with van der Waals surface area (Å²) in [5, 5.41) is 0. The van der Waals surface area contributed by atoms with Crippen LogP contribution < -0.4 is 11.5 Å². The molecule has 2 rings (SSSR count). The van der Waals surface area contributed by atoms with Gasteiger partial charge in [0.15, 0.2) is 5.96 Å². The average molecular weight is 277 g/mol. The van der Waals surface area contributed by atoms with Crippen molar-refractivity contribution in [2.45, 2.75) is 0 Å². The Balaban J connectivity index is 0.00000180. The predicted molar refractivity (Wildman–Crippen MR) is 77.1 cm³/mol. The normalized spacial score (nSPS) is 9.26. The number of nitrogens with two attached hydrogens (primary N) is 2. The van der Waals surface area contributed by atoms with Crippen molar-refractivity contribution in [3.63, 3.8) is 0 Å². The third-order valence-electron chi connectivity index (χ3n) is 2.30. The maximum atomic E-state index is 11.7. The molecule has 4 N–H and O–H groups in total. The van der Waals surface area contributed by atoms with Crippen molar-refractivity contribution < 1.29 is 4.79 Å². The Hall–Kier alpha value is -2.40. The van der Waals surface area contributed by atoms with Gasteiger partial charge in [0, 0.05) is 17.3 Å². The van der Waals surface area contributed by atoms with Gasteiger partial charge < -0.3 is 11.5 Å². The first kappa shape index (κ1) is 14.7. The molecule has 19 heavy (non-hydrogen) atoms. The van der Waals surface area contributed by atoms with Crippen LogP contribution >= 0.6 is 12.4 Å². The van der Waals surface area contributed by atoms with Gasteiger partial charge in [-0.1, -0.05) is 18.2 Å². The van der Waals surface area contributed by atoms with Crippen LogP contribution in [0.15, 0.2) is 53.7 Å². The van der Waals surface area contributed by atoms with Crippen molar-refractivity contribution in [1.82, 2.24) is 4.98 Å². The van der Waals surface area contributed by atoms with Crippen molar-refractivity contribution >= 4 is 24.3 Å². The number of nitrogens with zero attached hydrogens (tertiary/aromatic N) is 2. The van der Waals surface area contributed by atoms with Gasteiger partial charge in [-0.05, 0) is 24.3 Å². The fraction of sp³-hybridized carbons (Fsp3) is 0. The largest absolute Gasteiger partial charge is 0.370 e. The third kappa shape index (κ3) is 3.79. The van der Waals surface area contributed by atoms with Gasteiger partial charge in [-0.3, -0.25) is 9.78 Å². The Morgan fingerprint density at radius 2 is 1.89 bits per heavy atom. The number of benzene rings is 1. The van der Waals surface area contributed by atoms with Crippen molar-refractivity contribution in [3.8, 4) is 11.3 Å². The Labute approximate surface area is 116 Å². The molecule has 0 fully saturated rings. The van der Waals surface area contributed by atoms with E-state index in [4.69, 9.17) is 11.5 Å². The first-order valence-corrected chi connectivity index (χ1v) is 5.32. The number of hydrogen-bond acceptors (Lipinski definition) is 2. The molecule has 1 amide bonds. The molecule has 0 saturated carbocycles. The van der Waals surface area contributed by atoms with E-state index in [1.165, 1.54) is 0 Å². The number of hydrogen-bond donors (Lipinski definition) is 2. The highest BCUT2D eigenvalue weighted by molar-refractivity contribution is 6.02. The van der Waals surface area contributed by atoms with E-state index in [2.05, 4.69) is 9.98 Å². The molecule has 0 spiro atoms. The molecule has 1 aromatic heterocycles. The van der Waals surface area contributed by atoms with Gasteiger partial charge in [-0.2, -0.15) is 4.99 Å². The molecule has 5 nitrogen and oxygen atoms in total. The topological polar surface area (TPSA) is 94.4 Å². The minimum absolute atomic E-state index is 0. The summed E-state index contributed by atoms with van der Waals surface area (Å²) in [5.41, 5.74) is 12.4. The molecule has 0 aliphatic carbocycles. The van der Waals surface area contributed by atoms with E-state index in [-0.39, 0.29) is 18.4 Å².